The zero-order chi connectivity index (χ0) is 25.7. The first kappa shape index (κ1) is 23.9. The van der Waals surface area contributed by atoms with Crippen LogP contribution < -0.4 is 21.9 Å². The van der Waals surface area contributed by atoms with Crippen molar-refractivity contribution in [2.75, 3.05) is 14.2 Å². The standard InChI is InChI=1S/C24H24F2N6O3S/c1-31(28)30-17(27)10-32-22(13-6-5-12(35-2)9-16(13)11-3-4-11)29-23-18(24(32)34)14-7-8-15(21(25)26)19(33)20(14)36-23/h5-9,11,21,33H,3-4,10,28H2,1-2H3,(H2,27,30). The van der Waals surface area contributed by atoms with E-state index in [-0.39, 0.29) is 22.5 Å². The van der Waals surface area contributed by atoms with Crippen molar-refractivity contribution < 1.29 is 18.6 Å². The summed E-state index contributed by atoms with van der Waals surface area (Å²) in [5.74, 6) is 6.48. The van der Waals surface area contributed by atoms with Crippen molar-refractivity contribution in [2.24, 2.45) is 16.7 Å². The van der Waals surface area contributed by atoms with Crippen molar-refractivity contribution in [3.05, 3.63) is 51.8 Å². The molecule has 12 heteroatoms. The maximum absolute atomic E-state index is 13.9. The molecule has 9 nitrogen and oxygen atoms in total. The molecule has 1 aliphatic carbocycles. The molecule has 0 amide bonds. The number of rotatable bonds is 7. The van der Waals surface area contributed by atoms with Gasteiger partial charge in [0, 0.05) is 18.0 Å². The highest BCUT2D eigenvalue weighted by atomic mass is 32.1. The van der Waals surface area contributed by atoms with E-state index < -0.39 is 23.3 Å². The first-order valence-electron chi connectivity index (χ1n) is 11.2. The van der Waals surface area contributed by atoms with Gasteiger partial charge < -0.3 is 15.6 Å². The third-order valence-electron chi connectivity index (χ3n) is 6.12. The third-order valence-corrected chi connectivity index (χ3v) is 7.23. The Labute approximate surface area is 208 Å². The van der Waals surface area contributed by atoms with Gasteiger partial charge in [0.1, 0.15) is 28.0 Å². The lowest BCUT2D eigenvalue weighted by Crippen LogP contribution is -2.33. The topological polar surface area (TPSA) is 132 Å². The Morgan fingerprint density at radius 3 is 2.75 bits per heavy atom. The quantitative estimate of drug-likeness (QED) is 0.148. The van der Waals surface area contributed by atoms with Crippen molar-refractivity contribution in [1.82, 2.24) is 14.7 Å². The summed E-state index contributed by atoms with van der Waals surface area (Å²) in [5.41, 5.74) is 6.89. The number of ether oxygens (including phenoxy) is 1. The maximum atomic E-state index is 13.9. The summed E-state index contributed by atoms with van der Waals surface area (Å²) in [6.45, 7) is -0.104. The first-order valence-corrected chi connectivity index (χ1v) is 12.0. The number of phenolic OH excluding ortho intramolecular Hbond substituents is 1. The number of halogens is 2. The number of hydrogen-bond acceptors (Lipinski definition) is 8. The number of hydrazine groups is 1. The first-order chi connectivity index (χ1) is 17.2. The molecule has 1 saturated carbocycles. The molecule has 0 unspecified atom stereocenters. The van der Waals surface area contributed by atoms with Gasteiger partial charge in [0.15, 0.2) is 0 Å². The van der Waals surface area contributed by atoms with Crippen LogP contribution in [0.4, 0.5) is 8.78 Å². The van der Waals surface area contributed by atoms with Gasteiger partial charge in [-0.1, -0.05) is 6.07 Å². The van der Waals surface area contributed by atoms with Crippen LogP contribution >= 0.6 is 11.3 Å². The number of fused-ring (bicyclic) bond motifs is 3. The fourth-order valence-electron chi connectivity index (χ4n) is 4.35. The van der Waals surface area contributed by atoms with Crippen LogP contribution in [0, 0.1) is 0 Å². The number of amidine groups is 1. The lowest BCUT2D eigenvalue weighted by molar-refractivity contribution is 0.148. The number of aromatic hydroxyl groups is 1. The van der Waals surface area contributed by atoms with Crippen molar-refractivity contribution in [3.63, 3.8) is 0 Å². The van der Waals surface area contributed by atoms with E-state index >= 15 is 0 Å². The average Bonchev–Trinajstić information content (AvgIpc) is 3.60. The molecule has 0 bridgehead atoms. The summed E-state index contributed by atoms with van der Waals surface area (Å²) in [5, 5.41) is 16.1. The van der Waals surface area contributed by atoms with Crippen LogP contribution in [-0.4, -0.2) is 39.8 Å². The predicted molar refractivity (Wildman–Crippen MR) is 136 cm³/mol. The second-order valence-corrected chi connectivity index (χ2v) is 9.68. The second kappa shape index (κ2) is 9.03. The fraction of sp³-hybridized carbons (Fsp3) is 0.292. The SMILES string of the molecule is COc1ccc(-c2nc3sc4c(O)c(C(F)F)ccc4c3c(=O)n2C/C(N)=N/N(C)N)c(C2CC2)c1. The van der Waals surface area contributed by atoms with Crippen LogP contribution in [0.5, 0.6) is 11.5 Å². The maximum Gasteiger partial charge on any atom is 0.267 e. The molecule has 0 radical (unpaired) electrons. The molecule has 0 atom stereocenters. The van der Waals surface area contributed by atoms with Crippen LogP contribution in [0.1, 0.15) is 36.3 Å². The van der Waals surface area contributed by atoms with Crippen LogP contribution in [0.15, 0.2) is 40.2 Å². The van der Waals surface area contributed by atoms with Gasteiger partial charge in [-0.05, 0) is 48.6 Å². The molecule has 0 spiro atoms. The van der Waals surface area contributed by atoms with Crippen molar-refractivity contribution in [1.29, 1.82) is 0 Å². The summed E-state index contributed by atoms with van der Waals surface area (Å²) in [4.78, 5) is 19.0. The van der Waals surface area contributed by atoms with Crippen molar-refractivity contribution in [3.8, 4) is 22.9 Å². The minimum Gasteiger partial charge on any atom is -0.506 e. The molecule has 2 aromatic heterocycles. The normalized spacial score (nSPS) is 14.2. The number of thiophene rings is 1. The predicted octanol–water partition coefficient (Wildman–Crippen LogP) is 3.89. The van der Waals surface area contributed by atoms with Crippen LogP contribution in [0.25, 0.3) is 31.7 Å². The lowest BCUT2D eigenvalue weighted by Gasteiger charge is -2.16. The number of nitrogens with zero attached hydrogens (tertiary/aromatic N) is 4. The van der Waals surface area contributed by atoms with Crippen LogP contribution in [0.2, 0.25) is 0 Å². The Balaban J connectivity index is 1.83. The summed E-state index contributed by atoms with van der Waals surface area (Å²) >= 11 is 0.996. The van der Waals surface area contributed by atoms with Gasteiger partial charge in [-0.25, -0.2) is 24.7 Å². The zero-order valence-corrected chi connectivity index (χ0v) is 20.4. The average molecular weight is 515 g/mol. The van der Waals surface area contributed by atoms with E-state index in [4.69, 9.17) is 21.3 Å². The van der Waals surface area contributed by atoms with Crippen LogP contribution in [-0.2, 0) is 6.54 Å². The van der Waals surface area contributed by atoms with Gasteiger partial charge in [0.25, 0.3) is 12.0 Å². The van der Waals surface area contributed by atoms with Gasteiger partial charge in [-0.15, -0.1) is 16.4 Å². The fourth-order valence-corrected chi connectivity index (χ4v) is 5.47. The number of alkyl halides is 2. The smallest absolute Gasteiger partial charge is 0.267 e. The third kappa shape index (κ3) is 4.11. The number of hydrogen-bond donors (Lipinski definition) is 3. The number of benzene rings is 2. The highest BCUT2D eigenvalue weighted by Gasteiger charge is 2.29. The van der Waals surface area contributed by atoms with Crippen molar-refractivity contribution in [2.45, 2.75) is 31.7 Å². The molecule has 5 rings (SSSR count). The number of aromatic nitrogens is 2. The Morgan fingerprint density at radius 1 is 1.36 bits per heavy atom. The summed E-state index contributed by atoms with van der Waals surface area (Å²) in [6, 6.07) is 8.11. The molecule has 4 aromatic rings. The molecule has 36 heavy (non-hydrogen) atoms. The highest BCUT2D eigenvalue weighted by Crippen LogP contribution is 2.46. The molecular weight excluding hydrogens is 490 g/mol. The molecule has 5 N–H and O–H groups in total. The summed E-state index contributed by atoms with van der Waals surface area (Å²) in [6.07, 6.45) is -0.854. The lowest BCUT2D eigenvalue weighted by atomic mass is 10.0. The number of phenols is 1. The minimum atomic E-state index is -2.86. The van der Waals surface area contributed by atoms with Gasteiger partial charge >= 0.3 is 0 Å². The number of nitrogens with two attached hydrogens (primary N) is 2. The molecule has 1 fully saturated rings. The van der Waals surface area contributed by atoms with Crippen molar-refractivity contribution >= 4 is 37.5 Å². The second-order valence-electron chi connectivity index (χ2n) is 8.68. The molecule has 188 valence electrons. The van der Waals surface area contributed by atoms with Gasteiger partial charge in [-0.2, -0.15) is 0 Å². The van der Waals surface area contributed by atoms with Gasteiger partial charge in [0.2, 0.25) is 0 Å². The molecule has 2 heterocycles. The minimum absolute atomic E-state index is 0.0772. The Bertz CT molecular complexity index is 1580. The van der Waals surface area contributed by atoms with E-state index in [1.165, 1.54) is 17.7 Å². The molecule has 0 saturated heterocycles. The highest BCUT2D eigenvalue weighted by molar-refractivity contribution is 7.25. The molecule has 0 aliphatic heterocycles. The van der Waals surface area contributed by atoms with E-state index in [2.05, 4.69) is 5.10 Å². The van der Waals surface area contributed by atoms with Crippen LogP contribution in [0.3, 0.4) is 0 Å². The zero-order valence-electron chi connectivity index (χ0n) is 19.5. The summed E-state index contributed by atoms with van der Waals surface area (Å²) < 4.78 is 33.8. The Kier molecular flexibility index (Phi) is 6.00. The van der Waals surface area contributed by atoms with E-state index in [1.54, 1.807) is 13.2 Å². The van der Waals surface area contributed by atoms with Gasteiger partial charge in [-0.3, -0.25) is 9.36 Å². The van der Waals surface area contributed by atoms with E-state index in [9.17, 15) is 18.7 Å². The Hall–Kier alpha value is -3.77. The van der Waals surface area contributed by atoms with Gasteiger partial charge in [0.05, 0.1) is 29.3 Å². The van der Waals surface area contributed by atoms with E-state index in [1.807, 2.05) is 12.1 Å². The largest absolute Gasteiger partial charge is 0.506 e. The van der Waals surface area contributed by atoms with E-state index in [0.29, 0.717) is 27.7 Å². The number of methoxy groups -OCH3 is 1. The number of hydrazone groups is 1. The van der Waals surface area contributed by atoms with E-state index in [0.717, 1.165) is 46.5 Å². The summed E-state index contributed by atoms with van der Waals surface area (Å²) in [7, 11) is 3.09. The Morgan fingerprint density at radius 2 is 2.11 bits per heavy atom. The monoisotopic (exact) mass is 514 g/mol. The molecule has 1 aliphatic rings. The molecule has 2 aromatic carbocycles. The molecular formula is C24H24F2N6O3S.